The van der Waals surface area contributed by atoms with Crippen LogP contribution in [-0.2, 0) is 6.54 Å². The third-order valence-corrected chi connectivity index (χ3v) is 5.51. The monoisotopic (exact) mass is 460 g/mol. The van der Waals surface area contributed by atoms with Gasteiger partial charge in [-0.3, -0.25) is 4.68 Å². The summed E-state index contributed by atoms with van der Waals surface area (Å²) >= 11 is 6.06. The van der Waals surface area contributed by atoms with Gasteiger partial charge in [-0.25, -0.2) is 14.5 Å². The fourth-order valence-corrected chi connectivity index (χ4v) is 3.87. The summed E-state index contributed by atoms with van der Waals surface area (Å²) in [6.45, 7) is 2.43. The number of carbonyl (C=O) groups is 1. The second kappa shape index (κ2) is 8.03. The van der Waals surface area contributed by atoms with Gasteiger partial charge in [0, 0.05) is 11.2 Å². The van der Waals surface area contributed by atoms with Gasteiger partial charge >= 0.3 is 5.97 Å². The third kappa shape index (κ3) is 3.90. The molecular formula is C23H17ClN6O3. The van der Waals surface area contributed by atoms with Crippen LogP contribution >= 0.6 is 11.6 Å². The minimum Gasteiger partial charge on any atom is -0.492 e. The summed E-state index contributed by atoms with van der Waals surface area (Å²) in [4.78, 5) is 19.5. The highest BCUT2D eigenvalue weighted by Crippen LogP contribution is 2.27. The van der Waals surface area contributed by atoms with E-state index in [0.717, 1.165) is 22.3 Å². The van der Waals surface area contributed by atoms with E-state index in [1.165, 1.54) is 23.3 Å². The zero-order valence-electron chi connectivity index (χ0n) is 17.3. The molecule has 0 unspecified atom stereocenters. The number of aromatic nitrogens is 6. The third-order valence-electron chi connectivity index (χ3n) is 5.28. The van der Waals surface area contributed by atoms with Gasteiger partial charge in [-0.05, 0) is 41.3 Å². The number of aromatic carboxylic acids is 1. The van der Waals surface area contributed by atoms with E-state index < -0.39 is 5.97 Å². The summed E-state index contributed by atoms with van der Waals surface area (Å²) in [7, 11) is 0. The number of hydrogen-bond acceptors (Lipinski definition) is 6. The normalized spacial score (nSPS) is 11.2. The van der Waals surface area contributed by atoms with E-state index in [0.29, 0.717) is 22.6 Å². The number of aromatic hydroxyl groups is 1. The van der Waals surface area contributed by atoms with Crippen molar-refractivity contribution in [2.45, 2.75) is 13.5 Å². The Kier molecular flexibility index (Phi) is 5.02. The molecule has 3 heterocycles. The van der Waals surface area contributed by atoms with Crippen LogP contribution in [0, 0.1) is 6.92 Å². The summed E-state index contributed by atoms with van der Waals surface area (Å²) in [5.74, 6) is -1.33. The van der Waals surface area contributed by atoms with Crippen LogP contribution < -0.4 is 0 Å². The maximum absolute atomic E-state index is 11.1. The first-order chi connectivity index (χ1) is 15.9. The van der Waals surface area contributed by atoms with Crippen LogP contribution in [0.15, 0.2) is 61.1 Å². The fourth-order valence-electron chi connectivity index (χ4n) is 3.65. The van der Waals surface area contributed by atoms with Crippen LogP contribution in [0.4, 0.5) is 0 Å². The van der Waals surface area contributed by atoms with Crippen molar-refractivity contribution in [1.29, 1.82) is 0 Å². The molecule has 0 fully saturated rings. The summed E-state index contributed by atoms with van der Waals surface area (Å²) in [6, 6.07) is 13.9. The number of nitrogens with zero attached hydrogens (tertiary/aromatic N) is 6. The average Bonchev–Trinajstić information content (AvgIpc) is 3.43. The van der Waals surface area contributed by atoms with E-state index in [4.69, 9.17) is 16.7 Å². The molecule has 0 amide bonds. The predicted molar refractivity (Wildman–Crippen MR) is 122 cm³/mol. The fraction of sp³-hybridized carbons (Fsp3) is 0.0870. The molecular weight excluding hydrogens is 444 g/mol. The van der Waals surface area contributed by atoms with Crippen molar-refractivity contribution < 1.29 is 15.0 Å². The van der Waals surface area contributed by atoms with Crippen LogP contribution in [0.1, 0.15) is 21.5 Å². The Morgan fingerprint density at radius 3 is 2.55 bits per heavy atom. The van der Waals surface area contributed by atoms with Crippen LogP contribution in [-0.4, -0.2) is 45.7 Å². The van der Waals surface area contributed by atoms with Gasteiger partial charge in [0.15, 0.2) is 0 Å². The number of carboxylic acids is 1. The molecule has 9 nitrogen and oxygen atoms in total. The summed E-state index contributed by atoms with van der Waals surface area (Å²) in [5.41, 5.74) is 5.05. The highest BCUT2D eigenvalue weighted by atomic mass is 35.5. The Labute approximate surface area is 192 Å². The maximum atomic E-state index is 11.1. The molecule has 0 saturated heterocycles. The number of aryl methyl sites for hydroxylation is 1. The molecule has 10 heteroatoms. The Balaban J connectivity index is 1.43. The first-order valence-electron chi connectivity index (χ1n) is 9.95. The molecule has 2 aromatic carbocycles. The van der Waals surface area contributed by atoms with E-state index in [1.54, 1.807) is 4.68 Å². The van der Waals surface area contributed by atoms with Crippen molar-refractivity contribution in [2.75, 3.05) is 0 Å². The van der Waals surface area contributed by atoms with Crippen LogP contribution in [0.2, 0.25) is 5.02 Å². The lowest BCUT2D eigenvalue weighted by molar-refractivity contribution is 0.0697. The van der Waals surface area contributed by atoms with Crippen molar-refractivity contribution in [1.82, 2.24) is 29.5 Å². The molecule has 164 valence electrons. The van der Waals surface area contributed by atoms with Crippen LogP contribution in [0.3, 0.4) is 0 Å². The van der Waals surface area contributed by atoms with Gasteiger partial charge in [0.05, 0.1) is 24.5 Å². The lowest BCUT2D eigenvalue weighted by Gasteiger charge is -2.09. The minimum absolute atomic E-state index is 0.00822. The van der Waals surface area contributed by atoms with Gasteiger partial charge in [-0.15, -0.1) is 0 Å². The predicted octanol–water partition coefficient (Wildman–Crippen LogP) is 4.09. The second-order valence-electron chi connectivity index (χ2n) is 7.52. The Morgan fingerprint density at radius 1 is 1.06 bits per heavy atom. The van der Waals surface area contributed by atoms with E-state index >= 15 is 0 Å². The second-order valence-corrected chi connectivity index (χ2v) is 7.95. The van der Waals surface area contributed by atoms with Crippen LogP contribution in [0.5, 0.6) is 5.88 Å². The smallest absolute Gasteiger partial charge is 0.338 e. The molecule has 0 aliphatic rings. The SMILES string of the molecule is Cc1cc(Cl)ccc1-c1ccc(Cn2ncc3nc(-n4cc(C(=O)O)cn4)nc(O)c32)cc1. The number of halogens is 1. The largest absolute Gasteiger partial charge is 0.492 e. The minimum atomic E-state index is -1.11. The van der Waals surface area contributed by atoms with Gasteiger partial charge in [-0.2, -0.15) is 15.2 Å². The topological polar surface area (TPSA) is 119 Å². The zero-order valence-corrected chi connectivity index (χ0v) is 18.1. The van der Waals surface area contributed by atoms with Gasteiger partial charge < -0.3 is 10.2 Å². The molecule has 0 bridgehead atoms. The summed E-state index contributed by atoms with van der Waals surface area (Å²) in [6.07, 6.45) is 3.98. The van der Waals surface area contributed by atoms with Crippen molar-refractivity contribution in [3.63, 3.8) is 0 Å². The molecule has 0 aliphatic heterocycles. The first-order valence-corrected chi connectivity index (χ1v) is 10.3. The number of hydrogen-bond donors (Lipinski definition) is 2. The van der Waals surface area contributed by atoms with Crippen molar-refractivity contribution >= 4 is 28.6 Å². The van der Waals surface area contributed by atoms with E-state index in [9.17, 15) is 9.90 Å². The molecule has 33 heavy (non-hydrogen) atoms. The number of fused-ring (bicyclic) bond motifs is 1. The molecule has 5 aromatic rings. The maximum Gasteiger partial charge on any atom is 0.338 e. The van der Waals surface area contributed by atoms with E-state index in [-0.39, 0.29) is 17.4 Å². The van der Waals surface area contributed by atoms with Crippen molar-refractivity contribution in [3.8, 4) is 23.0 Å². The highest BCUT2D eigenvalue weighted by molar-refractivity contribution is 6.30. The molecule has 5 rings (SSSR count). The van der Waals surface area contributed by atoms with Crippen LogP contribution in [0.25, 0.3) is 28.1 Å². The first kappa shape index (κ1) is 20.7. The average molecular weight is 461 g/mol. The quantitative estimate of drug-likeness (QED) is 0.405. The molecule has 0 saturated carbocycles. The number of carboxylic acid groups (broad SMARTS) is 1. The van der Waals surface area contributed by atoms with Crippen molar-refractivity contribution in [2.24, 2.45) is 0 Å². The van der Waals surface area contributed by atoms with E-state index in [2.05, 4.69) is 20.2 Å². The van der Waals surface area contributed by atoms with Gasteiger partial charge in [0.25, 0.3) is 5.95 Å². The lowest BCUT2D eigenvalue weighted by atomic mass is 9.99. The van der Waals surface area contributed by atoms with Crippen molar-refractivity contribution in [3.05, 3.63) is 82.8 Å². The van der Waals surface area contributed by atoms with Gasteiger partial charge in [-0.1, -0.05) is 41.9 Å². The molecule has 0 spiro atoms. The lowest BCUT2D eigenvalue weighted by Crippen LogP contribution is -2.05. The van der Waals surface area contributed by atoms with E-state index in [1.807, 2.05) is 49.4 Å². The molecule has 2 N–H and O–H groups in total. The molecule has 0 radical (unpaired) electrons. The molecule has 0 aliphatic carbocycles. The Morgan fingerprint density at radius 2 is 1.85 bits per heavy atom. The summed E-state index contributed by atoms with van der Waals surface area (Å²) < 4.78 is 2.81. The van der Waals surface area contributed by atoms with Gasteiger partial charge in [0.2, 0.25) is 5.88 Å². The summed E-state index contributed by atoms with van der Waals surface area (Å²) in [5, 5.41) is 28.6. The Bertz CT molecular complexity index is 1510. The zero-order chi connectivity index (χ0) is 23.1. The standard InChI is InChI=1S/C23H17ClN6O3/c1-13-8-17(24)6-7-18(13)15-4-2-14(3-5-15)11-29-20-19(10-26-29)27-23(28-21(20)31)30-12-16(9-25-30)22(32)33/h2-10,12H,11H2,1H3,(H,32,33)(H,27,28,31). The molecule has 3 aromatic heterocycles. The Hall–Kier alpha value is -4.24. The highest BCUT2D eigenvalue weighted by Gasteiger charge is 2.16. The molecule has 0 atom stereocenters. The van der Waals surface area contributed by atoms with Gasteiger partial charge in [0.1, 0.15) is 11.0 Å². The number of benzene rings is 2. The number of rotatable bonds is 5.